The van der Waals surface area contributed by atoms with Gasteiger partial charge in [0.15, 0.2) is 0 Å². The molecule has 0 aliphatic heterocycles. The lowest BCUT2D eigenvalue weighted by Gasteiger charge is -2.16. The molecular formula is C11H21NO4S. The fraction of sp³-hybridized carbons (Fsp3) is 0.818. The third-order valence-electron chi connectivity index (χ3n) is 2.08. The summed E-state index contributed by atoms with van der Waals surface area (Å²) in [4.78, 5) is 22.7. The van der Waals surface area contributed by atoms with Gasteiger partial charge in [0.25, 0.3) is 0 Å². The average molecular weight is 263 g/mol. The van der Waals surface area contributed by atoms with Gasteiger partial charge in [-0.3, -0.25) is 9.59 Å². The van der Waals surface area contributed by atoms with Gasteiger partial charge in [0, 0.05) is 5.75 Å². The molecule has 2 atom stereocenters. The topological polar surface area (TPSA) is 78.6 Å². The second-order valence-corrected chi connectivity index (χ2v) is 4.73. The fourth-order valence-corrected chi connectivity index (χ4v) is 2.39. The molecule has 0 bridgehead atoms. The molecule has 2 unspecified atom stereocenters. The van der Waals surface area contributed by atoms with Gasteiger partial charge in [0.1, 0.15) is 11.3 Å². The van der Waals surface area contributed by atoms with Crippen molar-refractivity contribution in [3.8, 4) is 0 Å². The minimum atomic E-state index is -0.696. The van der Waals surface area contributed by atoms with Gasteiger partial charge in [-0.25, -0.2) is 0 Å². The Bertz CT molecular complexity index is 248. The van der Waals surface area contributed by atoms with E-state index in [9.17, 15) is 9.59 Å². The Morgan fingerprint density at radius 1 is 1.29 bits per heavy atom. The Labute approximate surface area is 106 Å². The summed E-state index contributed by atoms with van der Waals surface area (Å²) in [5.41, 5.74) is 5.60. The van der Waals surface area contributed by atoms with Crippen LogP contribution in [0.4, 0.5) is 0 Å². The third kappa shape index (κ3) is 6.53. The number of methoxy groups -OCH3 is 1. The van der Waals surface area contributed by atoms with Crippen LogP contribution < -0.4 is 5.73 Å². The number of carbonyl (C=O) groups is 2. The maximum atomic E-state index is 11.6. The molecule has 0 aromatic rings. The summed E-state index contributed by atoms with van der Waals surface area (Å²) < 4.78 is 9.48. The van der Waals surface area contributed by atoms with Crippen molar-refractivity contribution in [3.63, 3.8) is 0 Å². The molecule has 0 spiro atoms. The number of hydrogen-bond donors (Lipinski definition) is 1. The van der Waals surface area contributed by atoms with E-state index in [0.717, 1.165) is 12.8 Å². The molecule has 0 amide bonds. The summed E-state index contributed by atoms with van der Waals surface area (Å²) >= 11 is 1.35. The predicted octanol–water partition coefficient (Wildman–Crippen LogP) is 0.952. The average Bonchev–Trinajstić information content (AvgIpc) is 2.33. The van der Waals surface area contributed by atoms with Crippen molar-refractivity contribution >= 4 is 23.7 Å². The Morgan fingerprint density at radius 2 is 1.94 bits per heavy atom. The van der Waals surface area contributed by atoms with E-state index in [4.69, 9.17) is 10.5 Å². The molecule has 2 N–H and O–H groups in total. The second kappa shape index (κ2) is 9.30. The first-order chi connectivity index (χ1) is 8.06. The summed E-state index contributed by atoms with van der Waals surface area (Å²) in [5, 5.41) is -0.254. The van der Waals surface area contributed by atoms with Crippen LogP contribution in [-0.2, 0) is 19.1 Å². The molecule has 6 heteroatoms. The van der Waals surface area contributed by atoms with E-state index in [2.05, 4.69) is 4.74 Å². The van der Waals surface area contributed by atoms with E-state index < -0.39 is 12.0 Å². The lowest BCUT2D eigenvalue weighted by molar-refractivity contribution is -0.143. The second-order valence-electron chi connectivity index (χ2n) is 3.49. The van der Waals surface area contributed by atoms with Gasteiger partial charge in [-0.2, -0.15) is 0 Å². The molecule has 0 aromatic carbocycles. The number of esters is 2. The zero-order valence-corrected chi connectivity index (χ0v) is 11.4. The van der Waals surface area contributed by atoms with Gasteiger partial charge in [-0.05, 0) is 13.3 Å². The van der Waals surface area contributed by atoms with Gasteiger partial charge in [-0.15, -0.1) is 11.8 Å². The molecule has 0 aliphatic carbocycles. The lowest BCUT2D eigenvalue weighted by Crippen LogP contribution is -2.35. The fourth-order valence-electron chi connectivity index (χ4n) is 1.21. The monoisotopic (exact) mass is 263 g/mol. The first kappa shape index (κ1) is 16.2. The Hall–Kier alpha value is -0.750. The van der Waals surface area contributed by atoms with Crippen LogP contribution in [0.3, 0.4) is 0 Å². The van der Waals surface area contributed by atoms with E-state index in [0.29, 0.717) is 12.4 Å². The van der Waals surface area contributed by atoms with Crippen molar-refractivity contribution in [1.29, 1.82) is 0 Å². The normalized spacial score (nSPS) is 13.9. The van der Waals surface area contributed by atoms with Gasteiger partial charge in [0.2, 0.25) is 0 Å². The molecule has 0 fully saturated rings. The zero-order chi connectivity index (χ0) is 13.3. The van der Waals surface area contributed by atoms with Crippen molar-refractivity contribution in [2.45, 2.75) is 38.0 Å². The van der Waals surface area contributed by atoms with Crippen molar-refractivity contribution in [1.82, 2.24) is 0 Å². The summed E-state index contributed by atoms with van der Waals surface area (Å²) in [7, 11) is 1.29. The highest BCUT2D eigenvalue weighted by Crippen LogP contribution is 2.19. The van der Waals surface area contributed by atoms with Crippen LogP contribution in [0, 0.1) is 0 Å². The molecule has 0 saturated carbocycles. The molecule has 0 aliphatic rings. The Kier molecular flexibility index (Phi) is 8.89. The van der Waals surface area contributed by atoms with Crippen molar-refractivity contribution in [2.75, 3.05) is 19.5 Å². The van der Waals surface area contributed by atoms with Gasteiger partial charge < -0.3 is 15.2 Å². The van der Waals surface area contributed by atoms with Crippen LogP contribution in [-0.4, -0.2) is 42.7 Å². The number of ether oxygens (including phenoxy) is 2. The molecule has 5 nitrogen and oxygen atoms in total. The maximum absolute atomic E-state index is 11.6. The van der Waals surface area contributed by atoms with E-state index in [1.54, 1.807) is 6.92 Å². The van der Waals surface area contributed by atoms with Crippen LogP contribution in [0.2, 0.25) is 0 Å². The number of hydrogen-bond acceptors (Lipinski definition) is 6. The minimum absolute atomic E-state index is 0.239. The molecule has 0 heterocycles. The lowest BCUT2D eigenvalue weighted by atomic mass is 10.2. The highest BCUT2D eigenvalue weighted by atomic mass is 32.2. The van der Waals surface area contributed by atoms with Crippen LogP contribution in [0.15, 0.2) is 0 Å². The Morgan fingerprint density at radius 3 is 2.41 bits per heavy atom. The van der Waals surface area contributed by atoms with Gasteiger partial charge in [0.05, 0.1) is 13.7 Å². The van der Waals surface area contributed by atoms with E-state index in [-0.39, 0.29) is 11.2 Å². The largest absolute Gasteiger partial charge is 0.468 e. The van der Waals surface area contributed by atoms with Crippen LogP contribution in [0.5, 0.6) is 0 Å². The highest BCUT2D eigenvalue weighted by Gasteiger charge is 2.22. The molecular weight excluding hydrogens is 242 g/mol. The first-order valence-electron chi connectivity index (χ1n) is 5.68. The summed E-state index contributed by atoms with van der Waals surface area (Å²) in [6.45, 7) is 4.13. The number of thioether (sulfide) groups is 1. The maximum Gasteiger partial charge on any atom is 0.323 e. The minimum Gasteiger partial charge on any atom is -0.468 e. The van der Waals surface area contributed by atoms with E-state index in [1.807, 2.05) is 6.92 Å². The quantitative estimate of drug-likeness (QED) is 0.657. The Balaban J connectivity index is 4.16. The van der Waals surface area contributed by atoms with Gasteiger partial charge >= 0.3 is 11.9 Å². The van der Waals surface area contributed by atoms with Gasteiger partial charge in [-0.1, -0.05) is 13.3 Å². The number of carbonyl (C=O) groups excluding carboxylic acids is 2. The molecule has 17 heavy (non-hydrogen) atoms. The van der Waals surface area contributed by atoms with Crippen LogP contribution in [0.1, 0.15) is 26.7 Å². The van der Waals surface area contributed by atoms with E-state index in [1.165, 1.54) is 18.9 Å². The molecule has 0 radical (unpaired) electrons. The van der Waals surface area contributed by atoms with Crippen LogP contribution >= 0.6 is 11.8 Å². The predicted molar refractivity (Wildman–Crippen MR) is 67.8 cm³/mol. The first-order valence-corrected chi connectivity index (χ1v) is 6.73. The van der Waals surface area contributed by atoms with Crippen molar-refractivity contribution in [2.24, 2.45) is 5.73 Å². The van der Waals surface area contributed by atoms with Crippen molar-refractivity contribution < 1.29 is 19.1 Å². The SMILES string of the molecule is CCCC(SCC(N)C(=O)OC)C(=O)OCC. The molecule has 0 saturated heterocycles. The molecule has 0 aromatic heterocycles. The zero-order valence-electron chi connectivity index (χ0n) is 10.6. The van der Waals surface area contributed by atoms with Crippen LogP contribution in [0.25, 0.3) is 0 Å². The summed E-state index contributed by atoms with van der Waals surface area (Å²) in [6, 6.07) is -0.696. The highest BCUT2D eigenvalue weighted by molar-refractivity contribution is 8.00. The summed E-state index contributed by atoms with van der Waals surface area (Å²) in [5.74, 6) is -0.344. The number of rotatable bonds is 8. The molecule has 0 rings (SSSR count). The number of nitrogens with two attached hydrogens (primary N) is 1. The standard InChI is InChI=1S/C11H21NO4S/c1-4-6-9(11(14)16-5-2)17-7-8(12)10(13)15-3/h8-9H,4-7,12H2,1-3H3. The van der Waals surface area contributed by atoms with Crippen molar-refractivity contribution in [3.05, 3.63) is 0 Å². The van der Waals surface area contributed by atoms with E-state index >= 15 is 0 Å². The smallest absolute Gasteiger partial charge is 0.323 e. The summed E-state index contributed by atoms with van der Waals surface area (Å²) in [6.07, 6.45) is 1.60. The third-order valence-corrected chi connectivity index (χ3v) is 3.46. The molecule has 100 valence electrons.